The third-order valence-electron chi connectivity index (χ3n) is 5.26. The lowest BCUT2D eigenvalue weighted by atomic mass is 9.95. The Morgan fingerprint density at radius 3 is 2.90 bits per heavy atom. The lowest BCUT2D eigenvalue weighted by Gasteiger charge is -2.30. The van der Waals surface area contributed by atoms with Crippen LogP contribution in [0, 0.1) is 12.8 Å². The van der Waals surface area contributed by atoms with Gasteiger partial charge in [0.25, 0.3) is 0 Å². The molecule has 0 radical (unpaired) electrons. The number of nitrogens with one attached hydrogen (secondary N) is 1. The molecule has 2 aromatic heterocycles. The van der Waals surface area contributed by atoms with Crippen molar-refractivity contribution in [2.75, 3.05) is 25.0 Å². The summed E-state index contributed by atoms with van der Waals surface area (Å²) >= 11 is 1.69. The van der Waals surface area contributed by atoms with Gasteiger partial charge in [0.15, 0.2) is 0 Å². The van der Waals surface area contributed by atoms with E-state index in [1.807, 2.05) is 48.1 Å². The highest BCUT2D eigenvalue weighted by atomic mass is 32.1. The summed E-state index contributed by atoms with van der Waals surface area (Å²) in [5, 5.41) is 10.4. The van der Waals surface area contributed by atoms with Crippen LogP contribution in [0.1, 0.15) is 23.5 Å². The highest BCUT2D eigenvalue weighted by molar-refractivity contribution is 7.09. The van der Waals surface area contributed by atoms with Crippen molar-refractivity contribution in [1.82, 2.24) is 19.7 Å². The number of aryl methyl sites for hydroxylation is 1. The summed E-state index contributed by atoms with van der Waals surface area (Å²) in [6.45, 7) is 5.95. The zero-order valence-electron chi connectivity index (χ0n) is 17.2. The molecule has 0 spiro atoms. The zero-order chi connectivity index (χ0) is 20.8. The Kier molecular flexibility index (Phi) is 6.76. The second-order valence-electron chi connectivity index (χ2n) is 7.54. The van der Waals surface area contributed by atoms with Crippen molar-refractivity contribution >= 4 is 22.9 Å². The van der Waals surface area contributed by atoms with Crippen molar-refractivity contribution in [1.29, 1.82) is 0 Å². The van der Waals surface area contributed by atoms with Gasteiger partial charge in [-0.05, 0) is 51.1 Å². The molecule has 1 amide bonds. The van der Waals surface area contributed by atoms with Crippen LogP contribution in [0.25, 0.3) is 0 Å². The second-order valence-corrected chi connectivity index (χ2v) is 8.61. The van der Waals surface area contributed by atoms with Crippen LogP contribution in [0.15, 0.2) is 48.1 Å². The number of thiazole rings is 1. The molecule has 4 rings (SSSR count). The molecular formula is C22H27N5O2S. The Bertz CT molecular complexity index is 948. The first-order chi connectivity index (χ1) is 14.7. The minimum absolute atomic E-state index is 0.0443. The fourth-order valence-corrected chi connectivity index (χ4v) is 4.26. The zero-order valence-corrected chi connectivity index (χ0v) is 18.0. The number of hydrogen-bond acceptors (Lipinski definition) is 6. The number of benzene rings is 1. The van der Waals surface area contributed by atoms with Crippen LogP contribution < -0.4 is 10.1 Å². The third kappa shape index (κ3) is 5.67. The van der Waals surface area contributed by atoms with Crippen LogP contribution in [-0.2, 0) is 17.9 Å². The van der Waals surface area contributed by atoms with E-state index in [0.717, 1.165) is 54.6 Å². The standard InChI is InChI=1S/C22H27N5O2S/c1-17-24-20(16-30-17)15-26-10-6-18(7-11-26)22(28)25-19-4-2-5-21(14-19)29-13-12-27-9-3-8-23-27/h2-5,8-9,14,16,18H,6-7,10-13,15H2,1H3,(H,25,28). The molecule has 0 atom stereocenters. The molecule has 1 N–H and O–H groups in total. The normalized spacial score (nSPS) is 15.2. The number of hydrogen-bond donors (Lipinski definition) is 1. The molecule has 30 heavy (non-hydrogen) atoms. The third-order valence-corrected chi connectivity index (χ3v) is 6.08. The van der Waals surface area contributed by atoms with Gasteiger partial charge in [-0.1, -0.05) is 6.07 Å². The van der Waals surface area contributed by atoms with Crippen LogP contribution in [0.3, 0.4) is 0 Å². The van der Waals surface area contributed by atoms with Gasteiger partial charge in [-0.2, -0.15) is 5.10 Å². The van der Waals surface area contributed by atoms with E-state index in [1.165, 1.54) is 0 Å². The lowest BCUT2D eigenvalue weighted by molar-refractivity contribution is -0.121. The van der Waals surface area contributed by atoms with Gasteiger partial charge >= 0.3 is 0 Å². The van der Waals surface area contributed by atoms with Crippen LogP contribution in [0.5, 0.6) is 5.75 Å². The van der Waals surface area contributed by atoms with Crippen molar-refractivity contribution in [3.63, 3.8) is 0 Å². The highest BCUT2D eigenvalue weighted by Gasteiger charge is 2.25. The van der Waals surface area contributed by atoms with Crippen LogP contribution in [0.2, 0.25) is 0 Å². The number of carbonyl (C=O) groups excluding carboxylic acids is 1. The molecule has 1 fully saturated rings. The molecule has 0 aliphatic carbocycles. The van der Waals surface area contributed by atoms with Crippen molar-refractivity contribution in [2.45, 2.75) is 32.9 Å². The first-order valence-corrected chi connectivity index (χ1v) is 11.2. The largest absolute Gasteiger partial charge is 0.492 e. The van der Waals surface area contributed by atoms with E-state index in [1.54, 1.807) is 17.5 Å². The number of rotatable bonds is 8. The average molecular weight is 426 g/mol. The summed E-state index contributed by atoms with van der Waals surface area (Å²) < 4.78 is 7.62. The SMILES string of the molecule is Cc1nc(CN2CCC(C(=O)Nc3cccc(OCCn4cccn4)c3)CC2)cs1. The van der Waals surface area contributed by atoms with E-state index in [-0.39, 0.29) is 11.8 Å². The molecular weight excluding hydrogens is 398 g/mol. The van der Waals surface area contributed by atoms with E-state index in [2.05, 4.69) is 25.7 Å². The first kappa shape index (κ1) is 20.6. The number of amides is 1. The molecule has 1 saturated heterocycles. The van der Waals surface area contributed by atoms with Gasteiger partial charge in [-0.3, -0.25) is 14.4 Å². The number of likely N-dealkylation sites (tertiary alicyclic amines) is 1. The molecule has 1 aromatic carbocycles. The Morgan fingerprint density at radius 1 is 1.30 bits per heavy atom. The fourth-order valence-electron chi connectivity index (χ4n) is 3.66. The number of aromatic nitrogens is 3. The summed E-state index contributed by atoms with van der Waals surface area (Å²) in [6, 6.07) is 9.47. The van der Waals surface area contributed by atoms with Gasteiger partial charge in [0.05, 0.1) is 17.2 Å². The second kappa shape index (κ2) is 9.86. The van der Waals surface area contributed by atoms with Crippen LogP contribution >= 0.6 is 11.3 Å². The van der Waals surface area contributed by atoms with E-state index in [4.69, 9.17) is 4.74 Å². The summed E-state index contributed by atoms with van der Waals surface area (Å²) in [5.41, 5.74) is 1.90. The highest BCUT2D eigenvalue weighted by Crippen LogP contribution is 2.23. The quantitative estimate of drug-likeness (QED) is 0.597. The van der Waals surface area contributed by atoms with E-state index < -0.39 is 0 Å². The van der Waals surface area contributed by atoms with E-state index in [9.17, 15) is 4.79 Å². The van der Waals surface area contributed by atoms with E-state index >= 15 is 0 Å². The van der Waals surface area contributed by atoms with Crippen molar-refractivity contribution in [3.8, 4) is 5.75 Å². The molecule has 7 nitrogen and oxygen atoms in total. The number of carbonyl (C=O) groups is 1. The molecule has 0 unspecified atom stereocenters. The predicted molar refractivity (Wildman–Crippen MR) is 118 cm³/mol. The average Bonchev–Trinajstić information content (AvgIpc) is 3.41. The molecule has 0 bridgehead atoms. The monoisotopic (exact) mass is 425 g/mol. The maximum Gasteiger partial charge on any atom is 0.227 e. The number of anilines is 1. The summed E-state index contributed by atoms with van der Waals surface area (Å²) in [5.74, 6) is 0.879. The number of nitrogens with zero attached hydrogens (tertiary/aromatic N) is 4. The molecule has 8 heteroatoms. The topological polar surface area (TPSA) is 72.3 Å². The first-order valence-electron chi connectivity index (χ1n) is 10.3. The minimum atomic E-state index is 0.0443. The van der Waals surface area contributed by atoms with Crippen molar-refractivity contribution in [3.05, 3.63) is 58.8 Å². The molecule has 3 heterocycles. The molecule has 3 aromatic rings. The number of ether oxygens (including phenoxy) is 1. The van der Waals surface area contributed by atoms with Gasteiger partial charge in [-0.15, -0.1) is 11.3 Å². The molecule has 158 valence electrons. The predicted octanol–water partition coefficient (Wildman–Crippen LogP) is 3.58. The van der Waals surface area contributed by atoms with E-state index in [0.29, 0.717) is 13.2 Å². The summed E-state index contributed by atoms with van der Waals surface area (Å²) in [7, 11) is 0. The lowest BCUT2D eigenvalue weighted by Crippen LogP contribution is -2.37. The van der Waals surface area contributed by atoms with Gasteiger partial charge < -0.3 is 10.1 Å². The Balaban J connectivity index is 1.23. The molecule has 1 aliphatic rings. The van der Waals surface area contributed by atoms with Crippen LogP contribution in [0.4, 0.5) is 5.69 Å². The van der Waals surface area contributed by atoms with Gasteiger partial charge in [-0.25, -0.2) is 4.98 Å². The Hall–Kier alpha value is -2.71. The summed E-state index contributed by atoms with van der Waals surface area (Å²) in [6.07, 6.45) is 5.40. The van der Waals surface area contributed by atoms with Crippen molar-refractivity contribution in [2.24, 2.45) is 5.92 Å². The van der Waals surface area contributed by atoms with Gasteiger partial charge in [0.1, 0.15) is 12.4 Å². The minimum Gasteiger partial charge on any atom is -0.492 e. The van der Waals surface area contributed by atoms with Gasteiger partial charge in [0, 0.05) is 42.0 Å². The Morgan fingerprint density at radius 2 is 2.17 bits per heavy atom. The fraction of sp³-hybridized carbons (Fsp3) is 0.409. The van der Waals surface area contributed by atoms with Gasteiger partial charge in [0.2, 0.25) is 5.91 Å². The Labute approximate surface area is 180 Å². The summed E-state index contributed by atoms with van der Waals surface area (Å²) in [4.78, 5) is 19.6. The number of piperidine rings is 1. The van der Waals surface area contributed by atoms with Crippen molar-refractivity contribution < 1.29 is 9.53 Å². The maximum absolute atomic E-state index is 12.7. The molecule has 1 aliphatic heterocycles. The smallest absolute Gasteiger partial charge is 0.227 e. The maximum atomic E-state index is 12.7. The van der Waals surface area contributed by atoms with Crippen LogP contribution in [-0.4, -0.2) is 45.3 Å². The molecule has 0 saturated carbocycles.